The Morgan fingerprint density at radius 2 is 1.92 bits per heavy atom. The van der Waals surface area contributed by atoms with Gasteiger partial charge in [0.05, 0.1) is 6.54 Å². The van der Waals surface area contributed by atoms with Gasteiger partial charge in [-0.25, -0.2) is 8.42 Å². The molecule has 0 saturated heterocycles. The monoisotopic (exact) mass is 351 g/mol. The fourth-order valence-electron chi connectivity index (χ4n) is 2.43. The zero-order valence-corrected chi connectivity index (χ0v) is 15.2. The molecule has 0 aliphatic heterocycles. The predicted molar refractivity (Wildman–Crippen MR) is 90.3 cm³/mol. The average molecular weight is 351 g/mol. The lowest BCUT2D eigenvalue weighted by Crippen LogP contribution is -2.35. The summed E-state index contributed by atoms with van der Waals surface area (Å²) in [4.78, 5) is 12.2. The van der Waals surface area contributed by atoms with Crippen LogP contribution in [0, 0.1) is 27.7 Å². The minimum Gasteiger partial charge on any atom is -0.360 e. The highest BCUT2D eigenvalue weighted by Crippen LogP contribution is 2.22. The Morgan fingerprint density at radius 3 is 2.46 bits per heavy atom. The summed E-state index contributed by atoms with van der Waals surface area (Å²) in [5.74, 6) is -0.214. The molecule has 2 aromatic rings. The molecule has 0 fully saturated rings. The third-order valence-corrected chi connectivity index (χ3v) is 5.71. The highest BCUT2D eigenvalue weighted by atomic mass is 32.2. The van der Waals surface area contributed by atoms with Crippen molar-refractivity contribution in [3.63, 3.8) is 0 Å². The van der Waals surface area contributed by atoms with E-state index in [0.29, 0.717) is 5.69 Å². The summed E-state index contributed by atoms with van der Waals surface area (Å²) < 4.78 is 31.0. The van der Waals surface area contributed by atoms with Gasteiger partial charge < -0.3 is 9.84 Å². The Balaban J connectivity index is 2.14. The SMILES string of the molecule is Cc1ccc(NC(=O)CN(C)S(=O)(=O)c2c(C)noc2C)c(C)c1. The number of nitrogens with zero attached hydrogens (tertiary/aromatic N) is 2. The maximum Gasteiger partial charge on any atom is 0.248 e. The lowest BCUT2D eigenvalue weighted by atomic mass is 10.1. The first-order chi connectivity index (χ1) is 11.1. The van der Waals surface area contributed by atoms with Crippen molar-refractivity contribution < 1.29 is 17.7 Å². The van der Waals surface area contributed by atoms with Gasteiger partial charge >= 0.3 is 0 Å². The van der Waals surface area contributed by atoms with Gasteiger partial charge in [-0.2, -0.15) is 4.31 Å². The summed E-state index contributed by atoms with van der Waals surface area (Å²) in [5.41, 5.74) is 2.94. The second-order valence-electron chi connectivity index (χ2n) is 5.78. The fraction of sp³-hybridized carbons (Fsp3) is 0.375. The van der Waals surface area contributed by atoms with Gasteiger partial charge in [0.25, 0.3) is 0 Å². The van der Waals surface area contributed by atoms with Gasteiger partial charge in [0.2, 0.25) is 15.9 Å². The van der Waals surface area contributed by atoms with E-state index in [4.69, 9.17) is 4.52 Å². The molecule has 1 N–H and O–H groups in total. The van der Waals surface area contributed by atoms with E-state index in [-0.39, 0.29) is 22.9 Å². The van der Waals surface area contributed by atoms with Crippen LogP contribution in [-0.2, 0) is 14.8 Å². The molecular weight excluding hydrogens is 330 g/mol. The number of hydrogen-bond donors (Lipinski definition) is 1. The molecule has 7 nitrogen and oxygen atoms in total. The van der Waals surface area contributed by atoms with Crippen LogP contribution < -0.4 is 5.32 Å². The second-order valence-corrected chi connectivity index (χ2v) is 7.76. The van der Waals surface area contributed by atoms with Crippen LogP contribution in [0.1, 0.15) is 22.6 Å². The molecule has 1 amide bonds. The van der Waals surface area contributed by atoms with Crippen molar-refractivity contribution in [3.05, 3.63) is 40.8 Å². The number of rotatable bonds is 5. The van der Waals surface area contributed by atoms with Crippen LogP contribution in [0.5, 0.6) is 0 Å². The highest BCUT2D eigenvalue weighted by Gasteiger charge is 2.29. The smallest absolute Gasteiger partial charge is 0.248 e. The predicted octanol–water partition coefficient (Wildman–Crippen LogP) is 2.17. The van der Waals surface area contributed by atoms with E-state index in [0.717, 1.165) is 15.4 Å². The lowest BCUT2D eigenvalue weighted by Gasteiger charge is -2.17. The molecule has 0 bridgehead atoms. The van der Waals surface area contributed by atoms with E-state index < -0.39 is 15.9 Å². The minimum absolute atomic E-state index is 0.00400. The number of carbonyl (C=O) groups is 1. The Morgan fingerprint density at radius 1 is 1.25 bits per heavy atom. The van der Waals surface area contributed by atoms with Gasteiger partial charge in [-0.05, 0) is 39.3 Å². The Labute approximate surface area is 141 Å². The van der Waals surface area contributed by atoms with E-state index in [2.05, 4.69) is 10.5 Å². The number of amides is 1. The number of sulfonamides is 1. The normalized spacial score (nSPS) is 11.8. The first-order valence-electron chi connectivity index (χ1n) is 7.39. The van der Waals surface area contributed by atoms with Crippen LogP contribution in [0.3, 0.4) is 0 Å². The zero-order valence-electron chi connectivity index (χ0n) is 14.4. The maximum absolute atomic E-state index is 12.6. The van der Waals surface area contributed by atoms with Crippen LogP contribution in [0.4, 0.5) is 5.69 Å². The first-order valence-corrected chi connectivity index (χ1v) is 8.83. The van der Waals surface area contributed by atoms with Crippen LogP contribution >= 0.6 is 0 Å². The molecule has 1 heterocycles. The standard InChI is InChI=1S/C16H21N3O4S/c1-10-6-7-14(11(2)8-10)17-15(20)9-19(5)24(21,22)16-12(3)18-23-13(16)4/h6-8H,9H2,1-5H3,(H,17,20). The van der Waals surface area contributed by atoms with E-state index in [1.54, 1.807) is 13.0 Å². The number of hydrogen-bond acceptors (Lipinski definition) is 5. The van der Waals surface area contributed by atoms with E-state index in [1.807, 2.05) is 26.0 Å². The van der Waals surface area contributed by atoms with Gasteiger partial charge in [-0.3, -0.25) is 4.79 Å². The molecule has 0 spiro atoms. The molecule has 0 atom stereocenters. The van der Waals surface area contributed by atoms with Crippen LogP contribution in [0.15, 0.2) is 27.6 Å². The summed E-state index contributed by atoms with van der Waals surface area (Å²) >= 11 is 0. The summed E-state index contributed by atoms with van der Waals surface area (Å²) in [6.45, 7) is 6.61. The molecule has 0 aliphatic carbocycles. The van der Waals surface area contributed by atoms with Gasteiger partial charge in [-0.15, -0.1) is 0 Å². The van der Waals surface area contributed by atoms with Gasteiger partial charge in [0.1, 0.15) is 10.6 Å². The van der Waals surface area contributed by atoms with Crippen LogP contribution in [0.25, 0.3) is 0 Å². The maximum atomic E-state index is 12.6. The summed E-state index contributed by atoms with van der Waals surface area (Å²) in [7, 11) is -2.49. The Hall–Kier alpha value is -2.19. The summed E-state index contributed by atoms with van der Waals surface area (Å²) in [5, 5.41) is 6.38. The van der Waals surface area contributed by atoms with Gasteiger partial charge in [-0.1, -0.05) is 22.9 Å². The highest BCUT2D eigenvalue weighted by molar-refractivity contribution is 7.89. The van der Waals surface area contributed by atoms with Gasteiger partial charge in [0.15, 0.2) is 5.76 Å². The number of likely N-dealkylation sites (N-methyl/N-ethyl adjacent to an activating group) is 1. The largest absolute Gasteiger partial charge is 0.360 e. The molecular formula is C16H21N3O4S. The summed E-state index contributed by atoms with van der Waals surface area (Å²) in [6, 6.07) is 5.62. The Bertz CT molecular complexity index is 852. The number of aromatic nitrogens is 1. The lowest BCUT2D eigenvalue weighted by molar-refractivity contribution is -0.116. The number of anilines is 1. The molecule has 0 radical (unpaired) electrons. The fourth-order valence-corrected chi connectivity index (χ4v) is 3.84. The number of aryl methyl sites for hydroxylation is 4. The van der Waals surface area contributed by atoms with Crippen molar-refractivity contribution in [3.8, 4) is 0 Å². The van der Waals surface area contributed by atoms with Crippen molar-refractivity contribution in [1.29, 1.82) is 0 Å². The molecule has 130 valence electrons. The first kappa shape index (κ1) is 18.2. The summed E-state index contributed by atoms with van der Waals surface area (Å²) in [6.07, 6.45) is 0. The molecule has 24 heavy (non-hydrogen) atoms. The van der Waals surface area contributed by atoms with E-state index >= 15 is 0 Å². The molecule has 1 aromatic carbocycles. The van der Waals surface area contributed by atoms with Crippen molar-refractivity contribution in [2.24, 2.45) is 0 Å². The Kier molecular flexibility index (Phi) is 5.10. The number of carbonyl (C=O) groups excluding carboxylic acids is 1. The number of benzene rings is 1. The van der Waals surface area contributed by atoms with Crippen molar-refractivity contribution in [1.82, 2.24) is 9.46 Å². The molecule has 2 rings (SSSR count). The quantitative estimate of drug-likeness (QED) is 0.891. The second kappa shape index (κ2) is 6.74. The van der Waals surface area contributed by atoms with Crippen LogP contribution in [0.2, 0.25) is 0 Å². The van der Waals surface area contributed by atoms with E-state index in [1.165, 1.54) is 14.0 Å². The molecule has 1 aromatic heterocycles. The third-order valence-electron chi connectivity index (χ3n) is 3.66. The van der Waals surface area contributed by atoms with Crippen molar-refractivity contribution in [2.45, 2.75) is 32.6 Å². The molecule has 8 heteroatoms. The van der Waals surface area contributed by atoms with Gasteiger partial charge in [0, 0.05) is 12.7 Å². The molecule has 0 aliphatic rings. The molecule has 0 unspecified atom stereocenters. The number of nitrogens with one attached hydrogen (secondary N) is 1. The van der Waals surface area contributed by atoms with Crippen molar-refractivity contribution in [2.75, 3.05) is 18.9 Å². The van der Waals surface area contributed by atoms with E-state index in [9.17, 15) is 13.2 Å². The average Bonchev–Trinajstić information content (AvgIpc) is 2.81. The van der Waals surface area contributed by atoms with Crippen molar-refractivity contribution >= 4 is 21.6 Å². The molecule has 0 saturated carbocycles. The minimum atomic E-state index is -3.84. The third kappa shape index (κ3) is 3.65. The topological polar surface area (TPSA) is 92.5 Å². The zero-order chi connectivity index (χ0) is 18.1. The van der Waals surface area contributed by atoms with Crippen LogP contribution in [-0.4, -0.2) is 37.4 Å².